The smallest absolute Gasteiger partial charge is 0.463 e. The first-order chi connectivity index (χ1) is 56.2. The van der Waals surface area contributed by atoms with E-state index in [0.717, 1.165) is 173 Å². The molecule has 0 rings (SSSR count). The molecule has 0 aromatic heterocycles. The molecular weight excluding hydrogens is 1480 g/mol. The fourth-order valence-electron chi connectivity index (χ4n) is 12.1. The molecular formula is C97H164O16P2. The third kappa shape index (κ3) is 89.5. The van der Waals surface area contributed by atoms with Crippen molar-refractivity contribution in [3.05, 3.63) is 170 Å². The molecule has 0 heterocycles. The number of unbranched alkanes of at least 4 members (excludes halogenated alkanes) is 34. The molecule has 0 amide bonds. The highest BCUT2D eigenvalue weighted by Crippen LogP contribution is 2.45. The van der Waals surface area contributed by atoms with Crippen molar-refractivity contribution >= 4 is 33.6 Å². The zero-order valence-electron chi connectivity index (χ0n) is 72.4. The van der Waals surface area contributed by atoms with E-state index in [1.807, 2.05) is 0 Å². The lowest BCUT2D eigenvalue weighted by Gasteiger charge is -2.21. The minimum atomic E-state index is -4.95. The van der Waals surface area contributed by atoms with Crippen LogP contribution in [0.5, 0.6) is 0 Å². The predicted molar refractivity (Wildman–Crippen MR) is 482 cm³/mol. The third-order valence-corrected chi connectivity index (χ3v) is 20.8. The van der Waals surface area contributed by atoms with Gasteiger partial charge in [0.25, 0.3) is 0 Å². The maximum Gasteiger partial charge on any atom is 0.472 e. The van der Waals surface area contributed by atoms with E-state index in [9.17, 15) is 43.5 Å². The molecule has 0 bridgehead atoms. The van der Waals surface area contributed by atoms with Crippen LogP contribution in [0.15, 0.2) is 170 Å². The molecule has 0 aliphatic carbocycles. The molecule has 4 N–H and O–H groups in total. The van der Waals surface area contributed by atoms with Gasteiger partial charge in [-0.2, -0.15) is 0 Å². The number of carbonyl (C=O) groups excluding carboxylic acids is 3. The number of phosphoric ester groups is 2. The van der Waals surface area contributed by atoms with E-state index in [-0.39, 0.29) is 19.3 Å². The largest absolute Gasteiger partial charge is 0.472 e. The Balaban J connectivity index is 4.68. The topological polar surface area (TPSA) is 231 Å². The van der Waals surface area contributed by atoms with Crippen LogP contribution in [0, 0.1) is 0 Å². The second-order valence-corrected chi connectivity index (χ2v) is 32.9. The summed E-state index contributed by atoms with van der Waals surface area (Å²) >= 11 is 0. The monoisotopic (exact) mass is 1650 g/mol. The van der Waals surface area contributed by atoms with Gasteiger partial charge in [-0.15, -0.1) is 0 Å². The van der Waals surface area contributed by atoms with Crippen LogP contribution in [0.3, 0.4) is 0 Å². The summed E-state index contributed by atoms with van der Waals surface area (Å²) in [4.78, 5) is 59.0. The van der Waals surface area contributed by atoms with E-state index in [2.05, 4.69) is 191 Å². The number of carbonyl (C=O) groups is 3. The molecule has 658 valence electrons. The normalized spacial score (nSPS) is 14.6. The quantitative estimate of drug-likeness (QED) is 0.0146. The molecule has 5 atom stereocenters. The molecule has 0 aromatic carbocycles. The summed E-state index contributed by atoms with van der Waals surface area (Å²) in [5.74, 6) is -1.58. The van der Waals surface area contributed by atoms with Crippen LogP contribution in [-0.2, 0) is 55.8 Å². The first-order valence-corrected chi connectivity index (χ1v) is 48.4. The lowest BCUT2D eigenvalue weighted by Crippen LogP contribution is -2.30. The molecule has 0 spiro atoms. The van der Waals surface area contributed by atoms with Gasteiger partial charge < -0.3 is 34.2 Å². The Labute approximate surface area is 701 Å². The maximum absolute atomic E-state index is 13.1. The third-order valence-electron chi connectivity index (χ3n) is 18.9. The average molecular weight is 1650 g/mol. The van der Waals surface area contributed by atoms with Crippen molar-refractivity contribution in [2.45, 2.75) is 386 Å². The van der Waals surface area contributed by atoms with Crippen molar-refractivity contribution in [2.75, 3.05) is 39.6 Å². The minimum Gasteiger partial charge on any atom is -0.463 e. The van der Waals surface area contributed by atoms with Gasteiger partial charge in [0.05, 0.1) is 26.4 Å². The Hall–Kier alpha value is -5.09. The van der Waals surface area contributed by atoms with Gasteiger partial charge in [0.1, 0.15) is 25.4 Å². The first kappa shape index (κ1) is 110. The number of ether oxygens (including phenoxy) is 3. The number of aliphatic hydroxyl groups is 2. The van der Waals surface area contributed by atoms with Crippen LogP contribution < -0.4 is 0 Å². The van der Waals surface area contributed by atoms with Crippen molar-refractivity contribution in [3.8, 4) is 0 Å². The van der Waals surface area contributed by atoms with E-state index >= 15 is 0 Å². The molecule has 0 fully saturated rings. The molecule has 115 heavy (non-hydrogen) atoms. The second-order valence-electron chi connectivity index (χ2n) is 30.0. The Morgan fingerprint density at radius 1 is 0.252 bits per heavy atom. The summed E-state index contributed by atoms with van der Waals surface area (Å²) in [5, 5.41) is 20.7. The lowest BCUT2D eigenvalue weighted by molar-refractivity contribution is -0.161. The fourth-order valence-corrected chi connectivity index (χ4v) is 13.7. The van der Waals surface area contributed by atoms with Gasteiger partial charge in [0.2, 0.25) is 0 Å². The highest BCUT2D eigenvalue weighted by Gasteiger charge is 2.29. The number of aliphatic hydroxyl groups excluding tert-OH is 2. The maximum atomic E-state index is 13.1. The van der Waals surface area contributed by atoms with Crippen molar-refractivity contribution < 1.29 is 75.8 Å². The first-order valence-electron chi connectivity index (χ1n) is 45.4. The summed E-state index contributed by atoms with van der Waals surface area (Å²) in [7, 11) is -9.82. The highest BCUT2D eigenvalue weighted by molar-refractivity contribution is 7.47. The van der Waals surface area contributed by atoms with Crippen LogP contribution in [0.2, 0.25) is 0 Å². The Kier molecular flexibility index (Phi) is 84.3. The van der Waals surface area contributed by atoms with E-state index in [4.69, 9.17) is 32.3 Å². The van der Waals surface area contributed by atoms with Crippen molar-refractivity contribution in [1.29, 1.82) is 0 Å². The van der Waals surface area contributed by atoms with Gasteiger partial charge in [-0.25, -0.2) is 9.13 Å². The Morgan fingerprint density at radius 3 is 0.730 bits per heavy atom. The number of allylic oxidation sites excluding steroid dienone is 28. The van der Waals surface area contributed by atoms with Crippen LogP contribution in [-0.4, -0.2) is 95.9 Å². The number of esters is 3. The minimum absolute atomic E-state index is 0.0916. The van der Waals surface area contributed by atoms with Gasteiger partial charge in [-0.3, -0.25) is 32.5 Å². The fraction of sp³-hybridized carbons (Fsp3) is 0.680. The molecule has 0 aliphatic rings. The Morgan fingerprint density at radius 2 is 0.461 bits per heavy atom. The van der Waals surface area contributed by atoms with Crippen molar-refractivity contribution in [3.63, 3.8) is 0 Å². The van der Waals surface area contributed by atoms with Crippen molar-refractivity contribution in [1.82, 2.24) is 0 Å². The Bertz CT molecular complexity index is 2770. The van der Waals surface area contributed by atoms with Crippen LogP contribution >= 0.6 is 15.6 Å². The van der Waals surface area contributed by atoms with E-state index in [0.29, 0.717) is 19.3 Å². The molecule has 16 nitrogen and oxygen atoms in total. The van der Waals surface area contributed by atoms with E-state index in [1.54, 1.807) is 0 Å². The lowest BCUT2D eigenvalue weighted by atomic mass is 10.0. The van der Waals surface area contributed by atoms with Gasteiger partial charge in [-0.1, -0.05) is 364 Å². The number of hydrogen-bond donors (Lipinski definition) is 4. The second kappa shape index (κ2) is 88.2. The zero-order valence-corrected chi connectivity index (χ0v) is 74.2. The van der Waals surface area contributed by atoms with Crippen LogP contribution in [0.1, 0.15) is 367 Å². The van der Waals surface area contributed by atoms with Gasteiger partial charge >= 0.3 is 33.6 Å². The van der Waals surface area contributed by atoms with Gasteiger partial charge in [0.15, 0.2) is 6.10 Å². The predicted octanol–water partition coefficient (Wildman–Crippen LogP) is 27.9. The molecule has 0 saturated heterocycles. The van der Waals surface area contributed by atoms with E-state index < -0.39 is 91.5 Å². The molecule has 0 radical (unpaired) electrons. The van der Waals surface area contributed by atoms with E-state index in [1.165, 1.54) is 135 Å². The summed E-state index contributed by atoms with van der Waals surface area (Å²) in [6.45, 7) is 2.45. The summed E-state index contributed by atoms with van der Waals surface area (Å²) in [5.41, 5.74) is 0. The molecule has 0 saturated carbocycles. The molecule has 5 unspecified atom stereocenters. The van der Waals surface area contributed by atoms with Crippen molar-refractivity contribution in [2.24, 2.45) is 0 Å². The number of rotatable bonds is 85. The van der Waals surface area contributed by atoms with Gasteiger partial charge in [0, 0.05) is 19.3 Å². The molecule has 0 aromatic rings. The van der Waals surface area contributed by atoms with Gasteiger partial charge in [-0.05, 0) is 154 Å². The molecule has 18 heteroatoms. The standard InChI is InChI=1S/C97H164O16P2/c1-4-7-10-13-16-19-22-25-28-31-34-37-40-43-45-48-50-53-56-59-62-65-68-71-74-77-80-83-95(100)107-86-92(98)87-109-114(103,104)110-88-93(99)89-111-115(105,106)112-91-94(113-97(102)85-82-79-76-73-70-67-64-61-58-55-52-47-42-39-36-33-30-27-24-21-18-15-12-9-6-3)90-108-96(101)84-81-78-75-72-69-66-63-60-57-54-51-49-46-44-41-38-35-32-29-26-23-20-17-14-11-8-5-2/h7,9-10,12,16-21,25-30,34-39,43-47,52,92-94,98-99H,4-6,8,11,13-15,22-24,31-33,40-42,48-51,53-91H2,1-3H3,(H,103,104)(H,105,106)/b10-7-,12-9-,19-16-,20-17-,21-18-,28-25-,29-26-,30-27-,37-34-,38-35-,39-36-,45-43-,46-44-,52-47-. The number of phosphoric acid groups is 2. The SMILES string of the molecule is CC/C=C\C/C=C\C/C=C\C/C=C\C/C=C\CCCCCCCCCCCCCC(=O)OCC(O)COP(=O)(O)OCC(O)COP(=O)(O)OCC(COC(=O)CCCCCCCCCCCCC/C=C\C/C=C\C/C=C\C/C=C\CCCCC)OC(=O)CCCCCCCCCCC/C=C\C/C=C\C/C=C\C/C=C\C/C=C\CC. The highest BCUT2D eigenvalue weighted by atomic mass is 31.2. The average Bonchev–Trinajstić information content (AvgIpc) is 0.908. The summed E-state index contributed by atoms with van der Waals surface area (Å²) < 4.78 is 61.5. The van der Waals surface area contributed by atoms with Crippen LogP contribution in [0.4, 0.5) is 0 Å². The van der Waals surface area contributed by atoms with Crippen LogP contribution in [0.25, 0.3) is 0 Å². The summed E-state index contributed by atoms with van der Waals surface area (Å²) in [6.07, 6.45) is 114. The number of hydrogen-bond acceptors (Lipinski definition) is 14. The molecule has 0 aliphatic heterocycles. The summed E-state index contributed by atoms with van der Waals surface area (Å²) in [6, 6.07) is 0. The zero-order chi connectivity index (χ0) is 83.6.